The van der Waals surface area contributed by atoms with E-state index in [4.69, 9.17) is 0 Å². The molecule has 78 valence electrons. The molecule has 1 aromatic rings. The second-order valence-electron chi connectivity index (χ2n) is 3.39. The Morgan fingerprint density at radius 1 is 1.36 bits per heavy atom. The molecule has 0 amide bonds. The monoisotopic (exact) mass is 209 g/mol. The van der Waals surface area contributed by atoms with Gasteiger partial charge in [0.15, 0.2) is 0 Å². The second kappa shape index (κ2) is 7.77. The van der Waals surface area contributed by atoms with Crippen molar-refractivity contribution in [2.45, 2.75) is 32.2 Å². The molecule has 1 rings (SSSR count). The van der Waals surface area contributed by atoms with Crippen molar-refractivity contribution in [1.82, 2.24) is 5.32 Å². The van der Waals surface area contributed by atoms with Gasteiger partial charge in [0.25, 0.3) is 0 Å². The van der Waals surface area contributed by atoms with E-state index in [-0.39, 0.29) is 0 Å². The van der Waals surface area contributed by atoms with Gasteiger partial charge in [0, 0.05) is 11.4 Å². The molecular weight excluding hydrogens is 190 g/mol. The molecule has 0 radical (unpaired) electrons. The van der Waals surface area contributed by atoms with Crippen LogP contribution in [0.2, 0.25) is 0 Å². The van der Waals surface area contributed by atoms with Crippen LogP contribution in [0.15, 0.2) is 30.2 Å². The molecule has 0 unspecified atom stereocenters. The lowest BCUT2D eigenvalue weighted by molar-refractivity contribution is 0.609. The van der Waals surface area contributed by atoms with Crippen LogP contribution in [0, 0.1) is 0 Å². The van der Waals surface area contributed by atoms with E-state index < -0.39 is 0 Å². The third kappa shape index (κ3) is 5.20. The minimum Gasteiger partial charge on any atom is -0.312 e. The Morgan fingerprint density at radius 2 is 2.29 bits per heavy atom. The molecule has 1 heterocycles. The Hall–Kier alpha value is -0.600. The minimum atomic E-state index is 1.03. The smallest absolute Gasteiger partial charge is 0.0299 e. The molecular formula is C12H19NS. The van der Waals surface area contributed by atoms with Crippen molar-refractivity contribution in [3.63, 3.8) is 0 Å². The maximum atomic E-state index is 3.71. The summed E-state index contributed by atoms with van der Waals surface area (Å²) in [6, 6.07) is 4.28. The summed E-state index contributed by atoms with van der Waals surface area (Å²) in [6.07, 6.45) is 7.02. The lowest BCUT2D eigenvalue weighted by Gasteiger charge is -2.02. The Labute approximate surface area is 90.9 Å². The SMILES string of the molecule is C=CCCCCCNCc1cccs1. The van der Waals surface area contributed by atoms with E-state index in [1.807, 2.05) is 17.4 Å². The third-order valence-electron chi connectivity index (χ3n) is 2.14. The van der Waals surface area contributed by atoms with Crippen LogP contribution in [0.5, 0.6) is 0 Å². The lowest BCUT2D eigenvalue weighted by atomic mass is 10.2. The number of rotatable bonds is 8. The van der Waals surface area contributed by atoms with E-state index in [0.29, 0.717) is 0 Å². The van der Waals surface area contributed by atoms with Gasteiger partial charge in [-0.25, -0.2) is 0 Å². The van der Waals surface area contributed by atoms with Gasteiger partial charge < -0.3 is 5.32 Å². The first-order valence-electron chi connectivity index (χ1n) is 5.27. The standard InChI is InChI=1S/C12H19NS/c1-2-3-4-5-6-9-13-11-12-8-7-10-14-12/h2,7-8,10,13H,1,3-6,9,11H2. The molecule has 1 aromatic heterocycles. The summed E-state index contributed by atoms with van der Waals surface area (Å²) in [5, 5.41) is 5.58. The predicted molar refractivity (Wildman–Crippen MR) is 64.7 cm³/mol. The van der Waals surface area contributed by atoms with E-state index in [1.165, 1.54) is 24.1 Å². The largest absolute Gasteiger partial charge is 0.312 e. The van der Waals surface area contributed by atoms with Gasteiger partial charge in [0.05, 0.1) is 0 Å². The van der Waals surface area contributed by atoms with Crippen molar-refractivity contribution >= 4 is 11.3 Å². The topological polar surface area (TPSA) is 12.0 Å². The maximum absolute atomic E-state index is 3.71. The maximum Gasteiger partial charge on any atom is 0.0299 e. The summed E-state index contributed by atoms with van der Waals surface area (Å²) >= 11 is 1.82. The molecule has 1 N–H and O–H groups in total. The summed E-state index contributed by atoms with van der Waals surface area (Å²) in [5.41, 5.74) is 0. The lowest BCUT2D eigenvalue weighted by Crippen LogP contribution is -2.13. The molecule has 0 aliphatic rings. The first-order chi connectivity index (χ1) is 6.93. The van der Waals surface area contributed by atoms with Gasteiger partial charge in [0.1, 0.15) is 0 Å². The molecule has 0 spiro atoms. The Bertz CT molecular complexity index is 228. The van der Waals surface area contributed by atoms with Crippen molar-refractivity contribution < 1.29 is 0 Å². The highest BCUT2D eigenvalue weighted by atomic mass is 32.1. The summed E-state index contributed by atoms with van der Waals surface area (Å²) in [5.74, 6) is 0. The number of hydrogen-bond donors (Lipinski definition) is 1. The molecule has 0 aromatic carbocycles. The van der Waals surface area contributed by atoms with E-state index in [0.717, 1.165) is 19.5 Å². The normalized spacial score (nSPS) is 10.3. The minimum absolute atomic E-state index is 1.03. The third-order valence-corrected chi connectivity index (χ3v) is 3.02. The van der Waals surface area contributed by atoms with E-state index in [1.54, 1.807) is 0 Å². The Balaban J connectivity index is 1.87. The van der Waals surface area contributed by atoms with Crippen molar-refractivity contribution in [3.05, 3.63) is 35.0 Å². The zero-order valence-electron chi connectivity index (χ0n) is 8.67. The van der Waals surface area contributed by atoms with Gasteiger partial charge >= 0.3 is 0 Å². The average Bonchev–Trinajstić information content (AvgIpc) is 2.69. The Morgan fingerprint density at radius 3 is 3.00 bits per heavy atom. The fourth-order valence-electron chi connectivity index (χ4n) is 1.34. The summed E-state index contributed by atoms with van der Waals surface area (Å²) < 4.78 is 0. The number of thiophene rings is 1. The first kappa shape index (κ1) is 11.5. The highest BCUT2D eigenvalue weighted by Gasteiger charge is 1.92. The van der Waals surface area contributed by atoms with Crippen LogP contribution in [0.25, 0.3) is 0 Å². The zero-order valence-corrected chi connectivity index (χ0v) is 9.48. The van der Waals surface area contributed by atoms with Crippen LogP contribution in [0.1, 0.15) is 30.6 Å². The van der Waals surface area contributed by atoms with Crippen LogP contribution < -0.4 is 5.32 Å². The predicted octanol–water partition coefficient (Wildman–Crippen LogP) is 3.58. The van der Waals surface area contributed by atoms with E-state index in [9.17, 15) is 0 Å². The van der Waals surface area contributed by atoms with Crippen molar-refractivity contribution in [2.75, 3.05) is 6.54 Å². The molecule has 0 saturated carbocycles. The number of nitrogens with one attached hydrogen (secondary N) is 1. The molecule has 0 aliphatic carbocycles. The van der Waals surface area contributed by atoms with Gasteiger partial charge in [-0.2, -0.15) is 0 Å². The van der Waals surface area contributed by atoms with Crippen LogP contribution in [0.4, 0.5) is 0 Å². The van der Waals surface area contributed by atoms with E-state index >= 15 is 0 Å². The average molecular weight is 209 g/mol. The molecule has 0 aliphatic heterocycles. The molecule has 0 atom stereocenters. The summed E-state index contributed by atoms with van der Waals surface area (Å²) in [7, 11) is 0. The molecule has 0 fully saturated rings. The number of allylic oxidation sites excluding steroid dienone is 1. The zero-order chi connectivity index (χ0) is 10.1. The molecule has 1 nitrogen and oxygen atoms in total. The molecule has 0 saturated heterocycles. The van der Waals surface area contributed by atoms with Crippen molar-refractivity contribution in [3.8, 4) is 0 Å². The van der Waals surface area contributed by atoms with Gasteiger partial charge in [-0.3, -0.25) is 0 Å². The highest BCUT2D eigenvalue weighted by molar-refractivity contribution is 7.09. The first-order valence-corrected chi connectivity index (χ1v) is 6.15. The summed E-state index contributed by atoms with van der Waals surface area (Å²) in [6.45, 7) is 5.88. The Kier molecular flexibility index (Phi) is 6.37. The van der Waals surface area contributed by atoms with Crippen LogP contribution in [0.3, 0.4) is 0 Å². The van der Waals surface area contributed by atoms with E-state index in [2.05, 4.69) is 29.4 Å². The van der Waals surface area contributed by atoms with Crippen LogP contribution in [-0.2, 0) is 6.54 Å². The highest BCUT2D eigenvalue weighted by Crippen LogP contribution is 2.07. The second-order valence-corrected chi connectivity index (χ2v) is 4.43. The van der Waals surface area contributed by atoms with Crippen LogP contribution >= 0.6 is 11.3 Å². The fourth-order valence-corrected chi connectivity index (χ4v) is 2.01. The van der Waals surface area contributed by atoms with Gasteiger partial charge in [-0.1, -0.05) is 18.6 Å². The molecule has 14 heavy (non-hydrogen) atoms. The van der Waals surface area contributed by atoms with Crippen molar-refractivity contribution in [2.24, 2.45) is 0 Å². The number of unbranched alkanes of at least 4 members (excludes halogenated alkanes) is 3. The van der Waals surface area contributed by atoms with Crippen LogP contribution in [-0.4, -0.2) is 6.54 Å². The fraction of sp³-hybridized carbons (Fsp3) is 0.500. The van der Waals surface area contributed by atoms with Gasteiger partial charge in [-0.15, -0.1) is 17.9 Å². The molecule has 2 heteroatoms. The molecule has 0 bridgehead atoms. The summed E-state index contributed by atoms with van der Waals surface area (Å²) in [4.78, 5) is 1.43. The van der Waals surface area contributed by atoms with Crippen molar-refractivity contribution in [1.29, 1.82) is 0 Å². The number of hydrogen-bond acceptors (Lipinski definition) is 2. The van der Waals surface area contributed by atoms with Gasteiger partial charge in [-0.05, 0) is 37.3 Å². The van der Waals surface area contributed by atoms with Gasteiger partial charge in [0.2, 0.25) is 0 Å². The quantitative estimate of drug-likeness (QED) is 0.509.